The van der Waals surface area contributed by atoms with Crippen molar-refractivity contribution in [2.75, 3.05) is 18.4 Å². The number of likely N-dealkylation sites (tertiary alicyclic amines) is 1. The lowest BCUT2D eigenvalue weighted by atomic mass is 10.0. The summed E-state index contributed by atoms with van der Waals surface area (Å²) in [6.07, 6.45) is 4.34. The highest BCUT2D eigenvalue weighted by molar-refractivity contribution is 9.10. The molecule has 1 saturated heterocycles. The third-order valence-electron chi connectivity index (χ3n) is 4.64. The Kier molecular flexibility index (Phi) is 4.54. The van der Waals surface area contributed by atoms with E-state index >= 15 is 0 Å². The zero-order valence-electron chi connectivity index (χ0n) is 13.5. The van der Waals surface area contributed by atoms with Gasteiger partial charge >= 0.3 is 0 Å². The number of hydrogen-bond acceptors (Lipinski definition) is 3. The summed E-state index contributed by atoms with van der Waals surface area (Å²) in [5.41, 5.74) is 3.64. The van der Waals surface area contributed by atoms with E-state index in [1.165, 1.54) is 30.6 Å². The molecule has 0 spiro atoms. The molecule has 2 N–H and O–H groups in total. The van der Waals surface area contributed by atoms with Crippen molar-refractivity contribution in [3.8, 4) is 0 Å². The number of anilines is 1. The van der Waals surface area contributed by atoms with Gasteiger partial charge < -0.3 is 5.32 Å². The molecule has 2 aromatic carbocycles. The van der Waals surface area contributed by atoms with Crippen LogP contribution in [-0.4, -0.2) is 34.2 Å². The predicted octanol–water partition coefficient (Wildman–Crippen LogP) is 4.40. The highest BCUT2D eigenvalue weighted by Crippen LogP contribution is 2.21. The van der Waals surface area contributed by atoms with Gasteiger partial charge in [-0.15, -0.1) is 0 Å². The first-order chi connectivity index (χ1) is 11.8. The molecule has 24 heavy (non-hydrogen) atoms. The zero-order valence-corrected chi connectivity index (χ0v) is 15.1. The lowest BCUT2D eigenvalue weighted by Gasteiger charge is -2.33. The lowest BCUT2D eigenvalue weighted by molar-refractivity contribution is 0.208. The van der Waals surface area contributed by atoms with E-state index in [1.54, 1.807) is 0 Å². The Morgan fingerprint density at radius 2 is 2.08 bits per heavy atom. The number of H-pyrrole nitrogens is 1. The van der Waals surface area contributed by atoms with Crippen molar-refractivity contribution in [1.29, 1.82) is 0 Å². The van der Waals surface area contributed by atoms with Gasteiger partial charge in [0.15, 0.2) is 0 Å². The monoisotopic (exact) mass is 384 g/mol. The molecule has 1 aromatic heterocycles. The largest absolute Gasteiger partial charge is 0.381 e. The van der Waals surface area contributed by atoms with Crippen molar-refractivity contribution in [1.82, 2.24) is 15.1 Å². The van der Waals surface area contributed by atoms with Crippen LogP contribution in [0.5, 0.6) is 0 Å². The number of benzene rings is 2. The van der Waals surface area contributed by atoms with Gasteiger partial charge in [0.1, 0.15) is 0 Å². The third-order valence-corrected chi connectivity index (χ3v) is 5.16. The standard InChI is InChI=1S/C19H21BrN4/c20-16-5-3-14(4-6-16)12-24-9-1-2-18(13-24)22-17-7-8-19-15(10-17)11-21-23-19/h3-8,10-11,18,22H,1-2,9,12-13H2,(H,21,23)/t18-/m1/s1. The Morgan fingerprint density at radius 3 is 2.96 bits per heavy atom. The molecule has 3 aromatic rings. The second kappa shape index (κ2) is 6.95. The van der Waals surface area contributed by atoms with Crippen LogP contribution in [0.1, 0.15) is 18.4 Å². The van der Waals surface area contributed by atoms with Crippen molar-refractivity contribution in [2.24, 2.45) is 0 Å². The summed E-state index contributed by atoms with van der Waals surface area (Å²) in [5.74, 6) is 0. The lowest BCUT2D eigenvalue weighted by Crippen LogP contribution is -2.41. The number of piperidine rings is 1. The highest BCUT2D eigenvalue weighted by atomic mass is 79.9. The first-order valence-corrected chi connectivity index (χ1v) is 9.22. The maximum Gasteiger partial charge on any atom is 0.0651 e. The van der Waals surface area contributed by atoms with Gasteiger partial charge in [-0.05, 0) is 55.3 Å². The van der Waals surface area contributed by atoms with Crippen molar-refractivity contribution < 1.29 is 0 Å². The molecule has 0 bridgehead atoms. The number of nitrogens with zero attached hydrogens (tertiary/aromatic N) is 2. The Bertz CT molecular complexity index is 812. The van der Waals surface area contributed by atoms with Gasteiger partial charge in [0.25, 0.3) is 0 Å². The summed E-state index contributed by atoms with van der Waals surface area (Å²) in [7, 11) is 0. The number of nitrogens with one attached hydrogen (secondary N) is 2. The summed E-state index contributed by atoms with van der Waals surface area (Å²) in [6.45, 7) is 3.28. The molecule has 124 valence electrons. The van der Waals surface area contributed by atoms with Gasteiger partial charge in [0.2, 0.25) is 0 Å². The van der Waals surface area contributed by atoms with Crippen LogP contribution in [0.2, 0.25) is 0 Å². The van der Waals surface area contributed by atoms with E-state index in [1.807, 2.05) is 6.20 Å². The first kappa shape index (κ1) is 15.7. The van der Waals surface area contributed by atoms with Crippen LogP contribution >= 0.6 is 15.9 Å². The van der Waals surface area contributed by atoms with Crippen LogP contribution in [0.3, 0.4) is 0 Å². The van der Waals surface area contributed by atoms with E-state index < -0.39 is 0 Å². The van der Waals surface area contributed by atoms with Gasteiger partial charge in [-0.3, -0.25) is 10.00 Å². The minimum atomic E-state index is 0.499. The van der Waals surface area contributed by atoms with Crippen LogP contribution in [-0.2, 0) is 6.54 Å². The molecular formula is C19H21BrN4. The Balaban J connectivity index is 1.39. The van der Waals surface area contributed by atoms with Crippen LogP contribution < -0.4 is 5.32 Å². The van der Waals surface area contributed by atoms with Crippen LogP contribution in [0.25, 0.3) is 10.9 Å². The smallest absolute Gasteiger partial charge is 0.0651 e. The molecule has 0 radical (unpaired) electrons. The van der Waals surface area contributed by atoms with Crippen molar-refractivity contribution in [3.05, 3.63) is 58.7 Å². The molecular weight excluding hydrogens is 364 g/mol. The minimum absolute atomic E-state index is 0.499. The van der Waals surface area contributed by atoms with E-state index in [9.17, 15) is 0 Å². The summed E-state index contributed by atoms with van der Waals surface area (Å²) >= 11 is 3.50. The minimum Gasteiger partial charge on any atom is -0.381 e. The van der Waals surface area contributed by atoms with E-state index in [4.69, 9.17) is 0 Å². The fourth-order valence-corrected chi connectivity index (χ4v) is 3.70. The molecule has 1 aliphatic heterocycles. The van der Waals surface area contributed by atoms with E-state index in [-0.39, 0.29) is 0 Å². The average molecular weight is 385 g/mol. The summed E-state index contributed by atoms with van der Waals surface area (Å²) in [5, 5.41) is 11.9. The second-order valence-electron chi connectivity index (χ2n) is 6.52. The molecule has 1 atom stereocenters. The molecule has 5 heteroatoms. The molecule has 4 rings (SSSR count). The highest BCUT2D eigenvalue weighted by Gasteiger charge is 2.19. The Morgan fingerprint density at radius 1 is 1.21 bits per heavy atom. The van der Waals surface area contributed by atoms with Gasteiger partial charge in [-0.25, -0.2) is 0 Å². The molecule has 0 amide bonds. The Hall–Kier alpha value is -1.85. The van der Waals surface area contributed by atoms with Gasteiger partial charge in [0.05, 0.1) is 11.7 Å². The molecule has 4 nitrogen and oxygen atoms in total. The summed E-state index contributed by atoms with van der Waals surface area (Å²) in [4.78, 5) is 2.54. The normalized spacial score (nSPS) is 18.8. The average Bonchev–Trinajstić information content (AvgIpc) is 3.05. The molecule has 0 unspecified atom stereocenters. The first-order valence-electron chi connectivity index (χ1n) is 8.43. The van der Waals surface area contributed by atoms with Gasteiger partial charge in [-0.1, -0.05) is 28.1 Å². The van der Waals surface area contributed by atoms with Crippen molar-refractivity contribution >= 4 is 32.5 Å². The summed E-state index contributed by atoms with van der Waals surface area (Å²) < 4.78 is 1.14. The molecule has 1 aliphatic rings. The number of halogens is 1. The van der Waals surface area contributed by atoms with E-state index in [0.29, 0.717) is 6.04 Å². The number of hydrogen-bond donors (Lipinski definition) is 2. The van der Waals surface area contributed by atoms with Crippen LogP contribution in [0, 0.1) is 0 Å². The maximum atomic E-state index is 4.09. The molecule has 0 saturated carbocycles. The van der Waals surface area contributed by atoms with E-state index in [2.05, 4.69) is 78.8 Å². The Labute approximate surface area is 150 Å². The maximum absolute atomic E-state index is 4.09. The quantitative estimate of drug-likeness (QED) is 0.700. The second-order valence-corrected chi connectivity index (χ2v) is 7.43. The topological polar surface area (TPSA) is 44.0 Å². The third kappa shape index (κ3) is 3.62. The zero-order chi connectivity index (χ0) is 16.4. The molecule has 2 heterocycles. The van der Waals surface area contributed by atoms with Crippen LogP contribution in [0.15, 0.2) is 53.1 Å². The van der Waals surface area contributed by atoms with Crippen molar-refractivity contribution in [3.63, 3.8) is 0 Å². The number of rotatable bonds is 4. The SMILES string of the molecule is Brc1ccc(CN2CCC[C@@H](Nc3ccc4[nH]ncc4c3)C2)cc1. The fraction of sp³-hybridized carbons (Fsp3) is 0.316. The molecule has 1 fully saturated rings. The predicted molar refractivity (Wildman–Crippen MR) is 102 cm³/mol. The number of aromatic amines is 1. The summed E-state index contributed by atoms with van der Waals surface area (Å²) in [6, 6.07) is 15.5. The molecule has 0 aliphatic carbocycles. The number of fused-ring (bicyclic) bond motifs is 1. The number of aromatic nitrogens is 2. The van der Waals surface area contributed by atoms with E-state index in [0.717, 1.165) is 28.5 Å². The fourth-order valence-electron chi connectivity index (χ4n) is 3.43. The van der Waals surface area contributed by atoms with Crippen LogP contribution in [0.4, 0.5) is 5.69 Å². The van der Waals surface area contributed by atoms with Gasteiger partial charge in [-0.2, -0.15) is 5.10 Å². The van der Waals surface area contributed by atoms with Crippen molar-refractivity contribution in [2.45, 2.75) is 25.4 Å². The van der Waals surface area contributed by atoms with Gasteiger partial charge in [0, 0.05) is 34.7 Å².